The van der Waals surface area contributed by atoms with E-state index in [0.717, 1.165) is 5.56 Å². The lowest BCUT2D eigenvalue weighted by atomic mass is 10.2. The number of nitrogens with zero attached hydrogens (tertiary/aromatic N) is 1. The zero-order valence-corrected chi connectivity index (χ0v) is 13.0. The summed E-state index contributed by atoms with van der Waals surface area (Å²) in [4.78, 5) is 14.1. The first-order chi connectivity index (χ1) is 10.1. The van der Waals surface area contributed by atoms with Crippen molar-refractivity contribution in [3.05, 3.63) is 23.8 Å². The van der Waals surface area contributed by atoms with Gasteiger partial charge in [-0.2, -0.15) is 0 Å². The van der Waals surface area contributed by atoms with Crippen LogP contribution in [0.25, 0.3) is 0 Å². The number of hydrogen-bond donors (Lipinski definition) is 2. The second kappa shape index (κ2) is 9.33. The third-order valence-electron chi connectivity index (χ3n) is 3.07. The summed E-state index contributed by atoms with van der Waals surface area (Å²) in [5.41, 5.74) is 8.17. The lowest BCUT2D eigenvalue weighted by Gasteiger charge is -2.21. The zero-order chi connectivity index (χ0) is 15.7. The average Bonchev–Trinajstić information content (AvgIpc) is 2.45. The number of benzene rings is 1. The van der Waals surface area contributed by atoms with Crippen molar-refractivity contribution >= 4 is 17.3 Å². The zero-order valence-electron chi connectivity index (χ0n) is 13.0. The van der Waals surface area contributed by atoms with Crippen molar-refractivity contribution in [2.75, 3.05) is 58.1 Å². The Labute approximate surface area is 126 Å². The van der Waals surface area contributed by atoms with Crippen LogP contribution in [0.15, 0.2) is 18.2 Å². The highest BCUT2D eigenvalue weighted by Gasteiger charge is 2.11. The van der Waals surface area contributed by atoms with Crippen LogP contribution in [0.5, 0.6) is 0 Å². The van der Waals surface area contributed by atoms with Crippen LogP contribution in [0.3, 0.4) is 0 Å². The van der Waals surface area contributed by atoms with Crippen molar-refractivity contribution in [2.24, 2.45) is 0 Å². The van der Waals surface area contributed by atoms with Crippen molar-refractivity contribution in [1.29, 1.82) is 0 Å². The lowest BCUT2D eigenvalue weighted by Crippen LogP contribution is -2.37. The van der Waals surface area contributed by atoms with Crippen LogP contribution in [-0.4, -0.2) is 57.9 Å². The van der Waals surface area contributed by atoms with Crippen LogP contribution >= 0.6 is 0 Å². The van der Waals surface area contributed by atoms with E-state index >= 15 is 0 Å². The Morgan fingerprint density at radius 3 is 2.38 bits per heavy atom. The van der Waals surface area contributed by atoms with Crippen LogP contribution in [-0.2, 0) is 14.3 Å². The van der Waals surface area contributed by atoms with E-state index in [9.17, 15) is 4.79 Å². The standard InChI is InChI=1S/C15H25N3O3/c1-12-4-5-14(13(16)10-12)17-15(19)11-18(6-8-20-2)7-9-21-3/h4-5,10H,6-9,11,16H2,1-3H3,(H,17,19). The molecule has 0 spiro atoms. The van der Waals surface area contributed by atoms with Crippen molar-refractivity contribution in [3.63, 3.8) is 0 Å². The van der Waals surface area contributed by atoms with E-state index in [4.69, 9.17) is 15.2 Å². The summed E-state index contributed by atoms with van der Waals surface area (Å²) >= 11 is 0. The maximum atomic E-state index is 12.1. The van der Waals surface area contributed by atoms with Crippen molar-refractivity contribution in [2.45, 2.75) is 6.92 Å². The highest BCUT2D eigenvalue weighted by molar-refractivity contribution is 5.95. The van der Waals surface area contributed by atoms with Crippen molar-refractivity contribution in [3.8, 4) is 0 Å². The minimum absolute atomic E-state index is 0.0993. The van der Waals surface area contributed by atoms with E-state index in [2.05, 4.69) is 5.32 Å². The Kier molecular flexibility index (Phi) is 7.74. The maximum Gasteiger partial charge on any atom is 0.238 e. The number of nitrogen functional groups attached to an aromatic ring is 1. The number of ether oxygens (including phenoxy) is 2. The van der Waals surface area contributed by atoms with E-state index in [1.54, 1.807) is 14.2 Å². The second-order valence-electron chi connectivity index (χ2n) is 4.90. The molecule has 118 valence electrons. The fraction of sp³-hybridized carbons (Fsp3) is 0.533. The van der Waals surface area contributed by atoms with Crippen LogP contribution < -0.4 is 11.1 Å². The van der Waals surface area contributed by atoms with Gasteiger partial charge in [-0.1, -0.05) is 6.07 Å². The number of carbonyl (C=O) groups is 1. The van der Waals surface area contributed by atoms with E-state index in [0.29, 0.717) is 37.7 Å². The van der Waals surface area contributed by atoms with Crippen LogP contribution in [0.4, 0.5) is 11.4 Å². The van der Waals surface area contributed by atoms with Gasteiger partial charge in [-0.3, -0.25) is 9.69 Å². The number of methoxy groups -OCH3 is 2. The number of aryl methyl sites for hydroxylation is 1. The van der Waals surface area contributed by atoms with Gasteiger partial charge in [0.25, 0.3) is 0 Å². The predicted octanol–water partition coefficient (Wildman–Crippen LogP) is 1.11. The van der Waals surface area contributed by atoms with Gasteiger partial charge in [-0.15, -0.1) is 0 Å². The largest absolute Gasteiger partial charge is 0.397 e. The van der Waals surface area contributed by atoms with Crippen molar-refractivity contribution in [1.82, 2.24) is 4.90 Å². The number of carbonyl (C=O) groups excluding carboxylic acids is 1. The summed E-state index contributed by atoms with van der Waals surface area (Å²) in [5, 5.41) is 2.83. The molecule has 1 aromatic rings. The summed E-state index contributed by atoms with van der Waals surface area (Å²) in [6.45, 7) is 4.74. The molecule has 1 amide bonds. The van der Waals surface area contributed by atoms with E-state index in [1.165, 1.54) is 0 Å². The molecule has 0 atom stereocenters. The van der Waals surface area contributed by atoms with Gasteiger partial charge in [-0.25, -0.2) is 0 Å². The quantitative estimate of drug-likeness (QED) is 0.667. The molecule has 0 heterocycles. The SMILES string of the molecule is COCCN(CCOC)CC(=O)Nc1ccc(C)cc1N. The van der Waals surface area contributed by atoms with Gasteiger partial charge < -0.3 is 20.5 Å². The molecule has 1 aromatic carbocycles. The summed E-state index contributed by atoms with van der Waals surface area (Å²) in [7, 11) is 3.28. The molecule has 0 radical (unpaired) electrons. The number of nitrogens with one attached hydrogen (secondary N) is 1. The van der Waals surface area contributed by atoms with Gasteiger partial charge in [-0.05, 0) is 24.6 Å². The predicted molar refractivity (Wildman–Crippen MR) is 84.4 cm³/mol. The fourth-order valence-corrected chi connectivity index (χ4v) is 1.90. The third kappa shape index (κ3) is 6.57. The van der Waals surface area contributed by atoms with E-state index in [-0.39, 0.29) is 12.5 Å². The number of nitrogens with two attached hydrogens (primary N) is 1. The molecule has 0 saturated heterocycles. The molecule has 21 heavy (non-hydrogen) atoms. The van der Waals surface area contributed by atoms with Gasteiger partial charge in [0, 0.05) is 27.3 Å². The molecule has 1 rings (SSSR count). The molecule has 0 fully saturated rings. The third-order valence-corrected chi connectivity index (χ3v) is 3.07. The first-order valence-corrected chi connectivity index (χ1v) is 6.93. The summed E-state index contributed by atoms with van der Waals surface area (Å²) in [5.74, 6) is -0.0993. The summed E-state index contributed by atoms with van der Waals surface area (Å²) < 4.78 is 10.1. The van der Waals surface area contributed by atoms with Crippen molar-refractivity contribution < 1.29 is 14.3 Å². The average molecular weight is 295 g/mol. The Balaban J connectivity index is 2.55. The molecule has 0 saturated carbocycles. The Morgan fingerprint density at radius 1 is 1.24 bits per heavy atom. The van der Waals surface area contributed by atoms with E-state index < -0.39 is 0 Å². The Bertz CT molecular complexity index is 444. The maximum absolute atomic E-state index is 12.1. The normalized spacial score (nSPS) is 10.9. The molecular weight excluding hydrogens is 270 g/mol. The molecule has 0 aliphatic carbocycles. The fourth-order valence-electron chi connectivity index (χ4n) is 1.90. The number of amides is 1. The van der Waals surface area contributed by atoms with Gasteiger partial charge in [0.2, 0.25) is 5.91 Å². The highest BCUT2D eigenvalue weighted by Crippen LogP contribution is 2.19. The minimum atomic E-state index is -0.0993. The topological polar surface area (TPSA) is 76.8 Å². The number of rotatable bonds is 9. The van der Waals surface area contributed by atoms with E-state index in [1.807, 2.05) is 30.0 Å². The second-order valence-corrected chi connectivity index (χ2v) is 4.90. The molecular formula is C15H25N3O3. The van der Waals surface area contributed by atoms with Crippen LogP contribution in [0.1, 0.15) is 5.56 Å². The summed E-state index contributed by atoms with van der Waals surface area (Å²) in [6, 6.07) is 5.57. The molecule has 6 heteroatoms. The van der Waals surface area contributed by atoms with Gasteiger partial charge in [0.05, 0.1) is 31.1 Å². The van der Waals surface area contributed by atoms with Gasteiger partial charge >= 0.3 is 0 Å². The molecule has 0 aromatic heterocycles. The molecule has 0 aliphatic heterocycles. The Hall–Kier alpha value is -1.63. The number of hydrogen-bond acceptors (Lipinski definition) is 5. The van der Waals surface area contributed by atoms with Crippen LogP contribution in [0.2, 0.25) is 0 Å². The molecule has 3 N–H and O–H groups in total. The first kappa shape index (κ1) is 17.4. The first-order valence-electron chi connectivity index (χ1n) is 6.93. The molecule has 0 bridgehead atoms. The van der Waals surface area contributed by atoms with Gasteiger partial charge in [0.1, 0.15) is 0 Å². The smallest absolute Gasteiger partial charge is 0.238 e. The number of anilines is 2. The molecule has 6 nitrogen and oxygen atoms in total. The monoisotopic (exact) mass is 295 g/mol. The lowest BCUT2D eigenvalue weighted by molar-refractivity contribution is -0.117. The highest BCUT2D eigenvalue weighted by atomic mass is 16.5. The molecule has 0 aliphatic rings. The minimum Gasteiger partial charge on any atom is -0.397 e. The molecule has 0 unspecified atom stereocenters. The Morgan fingerprint density at radius 2 is 1.86 bits per heavy atom. The van der Waals surface area contributed by atoms with Crippen LogP contribution in [0, 0.1) is 6.92 Å². The van der Waals surface area contributed by atoms with Gasteiger partial charge in [0.15, 0.2) is 0 Å². The summed E-state index contributed by atoms with van der Waals surface area (Å²) in [6.07, 6.45) is 0.